The number of hydrogen-bond acceptors (Lipinski definition) is 5. The van der Waals surface area contributed by atoms with E-state index in [0.29, 0.717) is 29.5 Å². The molecule has 0 saturated carbocycles. The van der Waals surface area contributed by atoms with E-state index in [9.17, 15) is 9.59 Å². The lowest BCUT2D eigenvalue weighted by atomic mass is 10.2. The molecule has 1 atom stereocenters. The molecular weight excluding hydrogens is 368 g/mol. The molecule has 3 rings (SSSR count). The molecular formula is C19H19ClN4O3. The molecule has 27 heavy (non-hydrogen) atoms. The van der Waals surface area contributed by atoms with Crippen molar-refractivity contribution < 1.29 is 14.8 Å². The van der Waals surface area contributed by atoms with Crippen LogP contribution in [0.25, 0.3) is 6.08 Å². The Kier molecular flexibility index (Phi) is 6.05. The van der Waals surface area contributed by atoms with Gasteiger partial charge in [-0.15, -0.1) is 0 Å². The van der Waals surface area contributed by atoms with Crippen LogP contribution in [-0.2, 0) is 4.79 Å². The first-order valence-corrected chi connectivity index (χ1v) is 8.82. The highest BCUT2D eigenvalue weighted by Gasteiger charge is 2.27. The topological polar surface area (TPSA) is 94.6 Å². The van der Waals surface area contributed by atoms with E-state index < -0.39 is 5.91 Å². The summed E-state index contributed by atoms with van der Waals surface area (Å²) in [5, 5.41) is 12.4. The van der Waals surface area contributed by atoms with Gasteiger partial charge in [-0.3, -0.25) is 14.8 Å². The number of likely N-dealkylation sites (tertiary alicyclic amines) is 1. The number of carbonyl (C=O) groups is 2. The molecule has 2 heterocycles. The third-order valence-electron chi connectivity index (χ3n) is 4.24. The fourth-order valence-corrected chi connectivity index (χ4v) is 2.97. The molecule has 0 radical (unpaired) electrons. The number of halogens is 1. The van der Waals surface area contributed by atoms with Crippen LogP contribution in [-0.4, -0.2) is 46.0 Å². The number of hydrogen-bond donors (Lipinski definition) is 3. The molecule has 0 bridgehead atoms. The number of pyridine rings is 1. The fraction of sp³-hybridized carbons (Fsp3) is 0.211. The molecule has 2 aromatic rings. The van der Waals surface area contributed by atoms with Crippen LogP contribution < -0.4 is 10.8 Å². The summed E-state index contributed by atoms with van der Waals surface area (Å²) >= 11 is 5.87. The van der Waals surface area contributed by atoms with Gasteiger partial charge >= 0.3 is 0 Å². The van der Waals surface area contributed by atoms with Crippen LogP contribution in [0.1, 0.15) is 22.3 Å². The Labute approximate surface area is 161 Å². The van der Waals surface area contributed by atoms with Gasteiger partial charge in [-0.05, 0) is 54.5 Å². The Bertz CT molecular complexity index is 837. The van der Waals surface area contributed by atoms with E-state index in [0.717, 1.165) is 12.0 Å². The average Bonchev–Trinajstić information content (AvgIpc) is 3.15. The third kappa shape index (κ3) is 5.06. The summed E-state index contributed by atoms with van der Waals surface area (Å²) in [5.41, 5.74) is 2.88. The summed E-state index contributed by atoms with van der Waals surface area (Å²) in [6, 6.07) is 10.6. The van der Waals surface area contributed by atoms with Crippen LogP contribution in [0.15, 0.2) is 48.7 Å². The van der Waals surface area contributed by atoms with Gasteiger partial charge in [0.1, 0.15) is 5.82 Å². The Hall–Kier alpha value is -2.90. The maximum Gasteiger partial charge on any atom is 0.267 e. The molecule has 0 unspecified atom stereocenters. The molecule has 0 spiro atoms. The zero-order valence-corrected chi connectivity index (χ0v) is 15.2. The van der Waals surface area contributed by atoms with Gasteiger partial charge in [0.2, 0.25) is 0 Å². The summed E-state index contributed by atoms with van der Waals surface area (Å²) in [7, 11) is 0. The van der Waals surface area contributed by atoms with Crippen molar-refractivity contribution in [1.29, 1.82) is 0 Å². The minimum absolute atomic E-state index is 0.00780. The number of rotatable bonds is 5. The van der Waals surface area contributed by atoms with Gasteiger partial charge in [0, 0.05) is 42.0 Å². The molecule has 1 saturated heterocycles. The monoisotopic (exact) mass is 386 g/mol. The van der Waals surface area contributed by atoms with Crippen LogP contribution in [0, 0.1) is 0 Å². The van der Waals surface area contributed by atoms with Crippen LogP contribution in [0.4, 0.5) is 5.82 Å². The Morgan fingerprint density at radius 1 is 1.22 bits per heavy atom. The SMILES string of the molecule is O=C(C=Cc1ccc(N[C@H]2CCN(C(=O)c3ccc(Cl)cc3)C2)nc1)NO. The van der Waals surface area contributed by atoms with E-state index in [1.165, 1.54) is 11.6 Å². The number of nitrogens with one attached hydrogen (secondary N) is 2. The summed E-state index contributed by atoms with van der Waals surface area (Å²) in [6.07, 6.45) is 5.21. The third-order valence-corrected chi connectivity index (χ3v) is 4.49. The molecule has 0 aliphatic carbocycles. The van der Waals surface area contributed by atoms with Gasteiger partial charge in [-0.2, -0.15) is 0 Å². The second-order valence-electron chi connectivity index (χ2n) is 6.17. The molecule has 1 fully saturated rings. The average molecular weight is 387 g/mol. The minimum Gasteiger partial charge on any atom is -0.365 e. The number of benzene rings is 1. The molecule has 1 aliphatic heterocycles. The number of aromatic nitrogens is 1. The van der Waals surface area contributed by atoms with Crippen molar-refractivity contribution >= 4 is 35.3 Å². The first-order chi connectivity index (χ1) is 13.0. The van der Waals surface area contributed by atoms with Crippen LogP contribution in [0.5, 0.6) is 0 Å². The lowest BCUT2D eigenvalue weighted by molar-refractivity contribution is -0.124. The summed E-state index contributed by atoms with van der Waals surface area (Å²) in [6.45, 7) is 1.28. The highest BCUT2D eigenvalue weighted by Crippen LogP contribution is 2.18. The first-order valence-electron chi connectivity index (χ1n) is 8.45. The summed E-state index contributed by atoms with van der Waals surface area (Å²) in [5.74, 6) is 0.0877. The zero-order valence-electron chi connectivity index (χ0n) is 14.4. The Morgan fingerprint density at radius 2 is 2.00 bits per heavy atom. The number of nitrogens with zero attached hydrogens (tertiary/aromatic N) is 2. The standard InChI is InChI=1S/C19H19ClN4O3/c20-15-5-3-14(4-6-15)19(26)24-10-9-16(12-24)22-17-7-1-13(11-21-17)2-8-18(25)23-27/h1-8,11,16,27H,9-10,12H2,(H,21,22)(H,23,25)/t16-/m0/s1. The van der Waals surface area contributed by atoms with Crippen molar-refractivity contribution in [2.75, 3.05) is 18.4 Å². The molecule has 8 heteroatoms. The van der Waals surface area contributed by atoms with Crippen LogP contribution >= 0.6 is 11.6 Å². The molecule has 2 amide bonds. The second kappa shape index (κ2) is 8.66. The number of amides is 2. The maximum atomic E-state index is 12.5. The molecule has 1 aliphatic rings. The molecule has 1 aromatic carbocycles. The summed E-state index contributed by atoms with van der Waals surface area (Å²) in [4.78, 5) is 29.6. The normalized spacial score (nSPS) is 16.5. The number of carbonyl (C=O) groups excluding carboxylic acids is 2. The van der Waals surface area contributed by atoms with Crippen molar-refractivity contribution in [2.45, 2.75) is 12.5 Å². The zero-order chi connectivity index (χ0) is 19.2. The first kappa shape index (κ1) is 18.9. The van der Waals surface area contributed by atoms with Gasteiger partial charge in [0.15, 0.2) is 0 Å². The molecule has 1 aromatic heterocycles. The van der Waals surface area contributed by atoms with Crippen molar-refractivity contribution in [3.8, 4) is 0 Å². The predicted molar refractivity (Wildman–Crippen MR) is 103 cm³/mol. The van der Waals surface area contributed by atoms with Crippen molar-refractivity contribution in [3.63, 3.8) is 0 Å². The summed E-state index contributed by atoms with van der Waals surface area (Å²) < 4.78 is 0. The lowest BCUT2D eigenvalue weighted by Crippen LogP contribution is -2.31. The Balaban J connectivity index is 1.55. The van der Waals surface area contributed by atoms with E-state index in [2.05, 4.69) is 10.3 Å². The maximum absolute atomic E-state index is 12.5. The van der Waals surface area contributed by atoms with E-state index >= 15 is 0 Å². The Morgan fingerprint density at radius 3 is 2.67 bits per heavy atom. The fourth-order valence-electron chi connectivity index (χ4n) is 2.85. The lowest BCUT2D eigenvalue weighted by Gasteiger charge is -2.17. The smallest absolute Gasteiger partial charge is 0.267 e. The van der Waals surface area contributed by atoms with Crippen LogP contribution in [0.3, 0.4) is 0 Å². The van der Waals surface area contributed by atoms with Gasteiger partial charge in [0.25, 0.3) is 11.8 Å². The second-order valence-corrected chi connectivity index (χ2v) is 6.61. The highest BCUT2D eigenvalue weighted by molar-refractivity contribution is 6.30. The van der Waals surface area contributed by atoms with Gasteiger partial charge in [-0.1, -0.05) is 11.6 Å². The number of anilines is 1. The molecule has 140 valence electrons. The van der Waals surface area contributed by atoms with E-state index in [4.69, 9.17) is 16.8 Å². The van der Waals surface area contributed by atoms with Crippen molar-refractivity contribution in [3.05, 3.63) is 64.8 Å². The molecule has 7 nitrogen and oxygen atoms in total. The number of hydroxylamine groups is 1. The van der Waals surface area contributed by atoms with Crippen LogP contribution in [0.2, 0.25) is 5.02 Å². The van der Waals surface area contributed by atoms with E-state index in [1.54, 1.807) is 42.6 Å². The van der Waals surface area contributed by atoms with Gasteiger partial charge < -0.3 is 10.2 Å². The van der Waals surface area contributed by atoms with Crippen molar-refractivity contribution in [1.82, 2.24) is 15.4 Å². The van der Waals surface area contributed by atoms with E-state index in [-0.39, 0.29) is 11.9 Å². The van der Waals surface area contributed by atoms with Gasteiger partial charge in [0.05, 0.1) is 0 Å². The highest BCUT2D eigenvalue weighted by atomic mass is 35.5. The minimum atomic E-state index is -0.603. The van der Waals surface area contributed by atoms with E-state index in [1.807, 2.05) is 11.0 Å². The quantitative estimate of drug-likeness (QED) is 0.417. The largest absolute Gasteiger partial charge is 0.365 e. The molecule has 3 N–H and O–H groups in total. The predicted octanol–water partition coefficient (Wildman–Crippen LogP) is 2.58. The van der Waals surface area contributed by atoms with Gasteiger partial charge in [-0.25, -0.2) is 10.5 Å². The van der Waals surface area contributed by atoms with Crippen molar-refractivity contribution in [2.24, 2.45) is 0 Å².